The zero-order valence-electron chi connectivity index (χ0n) is 11.1. The maximum atomic E-state index is 11.6. The number of hydrogen-bond donors (Lipinski definition) is 1. The van der Waals surface area contributed by atoms with E-state index in [9.17, 15) is 4.79 Å². The lowest BCUT2D eigenvalue weighted by Crippen LogP contribution is -2.23. The molecule has 1 aliphatic heterocycles. The molecule has 0 amide bonds. The Morgan fingerprint density at radius 3 is 3.11 bits per heavy atom. The number of hydrogen-bond acceptors (Lipinski definition) is 5. The Bertz CT molecular complexity index is 414. The SMILES string of the molecule is COC(=O)c1ccccc1OCC1CCNCCO1. The number of esters is 1. The van der Waals surface area contributed by atoms with Gasteiger partial charge in [0.25, 0.3) is 0 Å². The monoisotopic (exact) mass is 265 g/mol. The van der Waals surface area contributed by atoms with Crippen molar-refractivity contribution in [1.82, 2.24) is 5.32 Å². The van der Waals surface area contributed by atoms with Gasteiger partial charge in [0.2, 0.25) is 0 Å². The summed E-state index contributed by atoms with van der Waals surface area (Å²) in [6, 6.07) is 7.07. The molecule has 1 atom stereocenters. The third-order valence-corrected chi connectivity index (χ3v) is 2.99. The highest BCUT2D eigenvalue weighted by molar-refractivity contribution is 5.92. The smallest absolute Gasteiger partial charge is 0.341 e. The van der Waals surface area contributed by atoms with Crippen LogP contribution in [-0.4, -0.2) is 45.5 Å². The van der Waals surface area contributed by atoms with Crippen molar-refractivity contribution in [3.05, 3.63) is 29.8 Å². The number of para-hydroxylation sites is 1. The molecule has 1 N–H and O–H groups in total. The maximum absolute atomic E-state index is 11.6. The lowest BCUT2D eigenvalue weighted by molar-refractivity contribution is 0.0287. The third kappa shape index (κ3) is 3.94. The molecule has 1 saturated heterocycles. The molecule has 0 radical (unpaired) electrons. The molecule has 2 rings (SSSR count). The molecule has 0 aliphatic carbocycles. The molecule has 1 heterocycles. The van der Waals surface area contributed by atoms with Gasteiger partial charge in [-0.05, 0) is 25.1 Å². The number of methoxy groups -OCH3 is 1. The van der Waals surface area contributed by atoms with E-state index in [2.05, 4.69) is 5.32 Å². The highest BCUT2D eigenvalue weighted by Gasteiger charge is 2.16. The number of benzene rings is 1. The molecule has 1 aromatic carbocycles. The molecule has 1 aliphatic rings. The van der Waals surface area contributed by atoms with Crippen molar-refractivity contribution in [2.75, 3.05) is 33.4 Å². The minimum Gasteiger partial charge on any atom is -0.490 e. The second-order valence-electron chi connectivity index (χ2n) is 4.33. The van der Waals surface area contributed by atoms with Gasteiger partial charge >= 0.3 is 5.97 Å². The fourth-order valence-corrected chi connectivity index (χ4v) is 1.95. The number of carbonyl (C=O) groups excluding carboxylic acids is 1. The summed E-state index contributed by atoms with van der Waals surface area (Å²) < 4.78 is 16.1. The van der Waals surface area contributed by atoms with Gasteiger partial charge in [-0.2, -0.15) is 0 Å². The minimum absolute atomic E-state index is 0.0562. The van der Waals surface area contributed by atoms with E-state index >= 15 is 0 Å². The summed E-state index contributed by atoms with van der Waals surface area (Å²) in [6.07, 6.45) is 0.959. The summed E-state index contributed by atoms with van der Waals surface area (Å²) in [5, 5.41) is 3.26. The second kappa shape index (κ2) is 7.11. The van der Waals surface area contributed by atoms with E-state index in [1.165, 1.54) is 7.11 Å². The van der Waals surface area contributed by atoms with E-state index in [4.69, 9.17) is 14.2 Å². The number of rotatable bonds is 4. The minimum atomic E-state index is -0.390. The number of carbonyl (C=O) groups is 1. The quantitative estimate of drug-likeness (QED) is 0.830. The summed E-state index contributed by atoms with van der Waals surface area (Å²) in [4.78, 5) is 11.6. The fourth-order valence-electron chi connectivity index (χ4n) is 1.95. The number of nitrogens with one attached hydrogen (secondary N) is 1. The lowest BCUT2D eigenvalue weighted by Gasteiger charge is -2.16. The molecule has 1 aromatic rings. The Balaban J connectivity index is 1.96. The topological polar surface area (TPSA) is 56.8 Å². The standard InChI is InChI=1S/C14H19NO4/c1-17-14(16)12-4-2-3-5-13(12)19-10-11-6-7-15-8-9-18-11/h2-5,11,15H,6-10H2,1H3. The van der Waals surface area contributed by atoms with Crippen LogP contribution in [0.2, 0.25) is 0 Å². The predicted molar refractivity (Wildman–Crippen MR) is 70.5 cm³/mol. The van der Waals surface area contributed by atoms with Gasteiger partial charge in [0, 0.05) is 6.54 Å². The molecule has 0 aromatic heterocycles. The van der Waals surface area contributed by atoms with Crippen molar-refractivity contribution < 1.29 is 19.0 Å². The van der Waals surface area contributed by atoms with Crippen LogP contribution in [0.4, 0.5) is 0 Å². The van der Waals surface area contributed by atoms with E-state index < -0.39 is 0 Å². The van der Waals surface area contributed by atoms with Gasteiger partial charge in [-0.3, -0.25) is 0 Å². The summed E-state index contributed by atoms with van der Waals surface area (Å²) in [5.74, 6) is 0.147. The summed E-state index contributed by atoms with van der Waals surface area (Å²) >= 11 is 0. The van der Waals surface area contributed by atoms with Crippen LogP contribution in [0, 0.1) is 0 Å². The molecule has 1 fully saturated rings. The Hall–Kier alpha value is -1.59. The average Bonchev–Trinajstić information content (AvgIpc) is 2.73. The normalized spacial score (nSPS) is 19.5. The van der Waals surface area contributed by atoms with Crippen molar-refractivity contribution in [2.45, 2.75) is 12.5 Å². The van der Waals surface area contributed by atoms with E-state index in [1.54, 1.807) is 18.2 Å². The Morgan fingerprint density at radius 1 is 1.42 bits per heavy atom. The molecule has 0 saturated carbocycles. The van der Waals surface area contributed by atoms with Crippen LogP contribution in [-0.2, 0) is 9.47 Å². The van der Waals surface area contributed by atoms with Gasteiger partial charge in [-0.1, -0.05) is 12.1 Å². The van der Waals surface area contributed by atoms with Crippen molar-refractivity contribution in [3.8, 4) is 5.75 Å². The lowest BCUT2D eigenvalue weighted by atomic mass is 10.2. The van der Waals surface area contributed by atoms with Crippen molar-refractivity contribution >= 4 is 5.97 Å². The molecule has 5 heteroatoms. The first-order valence-electron chi connectivity index (χ1n) is 6.43. The van der Waals surface area contributed by atoms with Gasteiger partial charge in [0.15, 0.2) is 0 Å². The Kier molecular flexibility index (Phi) is 5.18. The van der Waals surface area contributed by atoms with Gasteiger partial charge in [-0.25, -0.2) is 4.79 Å². The van der Waals surface area contributed by atoms with Gasteiger partial charge in [-0.15, -0.1) is 0 Å². The highest BCUT2D eigenvalue weighted by atomic mass is 16.5. The molecule has 0 bridgehead atoms. The zero-order valence-corrected chi connectivity index (χ0v) is 11.1. The Labute approximate surface area is 112 Å². The number of ether oxygens (including phenoxy) is 3. The molecular formula is C14H19NO4. The molecule has 19 heavy (non-hydrogen) atoms. The van der Waals surface area contributed by atoms with Crippen LogP contribution < -0.4 is 10.1 Å². The highest BCUT2D eigenvalue weighted by Crippen LogP contribution is 2.19. The second-order valence-corrected chi connectivity index (χ2v) is 4.33. The molecule has 1 unspecified atom stereocenters. The van der Waals surface area contributed by atoms with Crippen LogP contribution >= 0.6 is 0 Å². The van der Waals surface area contributed by atoms with Crippen molar-refractivity contribution in [3.63, 3.8) is 0 Å². The Morgan fingerprint density at radius 2 is 2.26 bits per heavy atom. The maximum Gasteiger partial charge on any atom is 0.341 e. The molecule has 0 spiro atoms. The van der Waals surface area contributed by atoms with Crippen molar-refractivity contribution in [2.24, 2.45) is 0 Å². The first-order chi connectivity index (χ1) is 9.31. The van der Waals surface area contributed by atoms with E-state index in [1.807, 2.05) is 6.07 Å². The van der Waals surface area contributed by atoms with Crippen LogP contribution in [0.5, 0.6) is 5.75 Å². The van der Waals surface area contributed by atoms with Gasteiger partial charge in [0.1, 0.15) is 17.9 Å². The first kappa shape index (κ1) is 13.8. The predicted octanol–water partition coefficient (Wildman–Crippen LogP) is 1.23. The molecule has 5 nitrogen and oxygen atoms in total. The van der Waals surface area contributed by atoms with Crippen LogP contribution in [0.15, 0.2) is 24.3 Å². The first-order valence-corrected chi connectivity index (χ1v) is 6.43. The van der Waals surface area contributed by atoms with E-state index in [-0.39, 0.29) is 12.1 Å². The molecular weight excluding hydrogens is 246 g/mol. The van der Waals surface area contributed by atoms with Gasteiger partial charge in [0.05, 0.1) is 19.8 Å². The van der Waals surface area contributed by atoms with Crippen LogP contribution in [0.25, 0.3) is 0 Å². The van der Waals surface area contributed by atoms with Crippen LogP contribution in [0.1, 0.15) is 16.8 Å². The average molecular weight is 265 g/mol. The summed E-state index contributed by atoms with van der Waals surface area (Å²) in [6.45, 7) is 2.92. The van der Waals surface area contributed by atoms with E-state index in [0.717, 1.165) is 19.5 Å². The van der Waals surface area contributed by atoms with Gasteiger partial charge < -0.3 is 19.5 Å². The largest absolute Gasteiger partial charge is 0.490 e. The van der Waals surface area contributed by atoms with Crippen molar-refractivity contribution in [1.29, 1.82) is 0 Å². The zero-order chi connectivity index (χ0) is 13.5. The molecule has 104 valence electrons. The third-order valence-electron chi connectivity index (χ3n) is 2.99. The summed E-state index contributed by atoms with van der Waals surface area (Å²) in [7, 11) is 1.36. The van der Waals surface area contributed by atoms with Crippen LogP contribution in [0.3, 0.4) is 0 Å². The fraction of sp³-hybridized carbons (Fsp3) is 0.500. The van der Waals surface area contributed by atoms with E-state index in [0.29, 0.717) is 24.5 Å². The summed E-state index contributed by atoms with van der Waals surface area (Å²) in [5.41, 5.74) is 0.441.